The van der Waals surface area contributed by atoms with Crippen LogP contribution in [-0.4, -0.2) is 49.7 Å². The summed E-state index contributed by atoms with van der Waals surface area (Å²) in [6.45, 7) is 4.99. The summed E-state index contributed by atoms with van der Waals surface area (Å²) in [4.78, 5) is 15.1. The molecule has 0 radical (unpaired) electrons. The van der Waals surface area contributed by atoms with E-state index in [0.717, 1.165) is 44.8 Å². The number of amides is 1. The molecule has 138 valence electrons. The van der Waals surface area contributed by atoms with E-state index in [2.05, 4.69) is 17.1 Å². The quantitative estimate of drug-likeness (QED) is 0.734. The third-order valence-electron chi connectivity index (χ3n) is 5.11. The molecule has 1 heterocycles. The maximum Gasteiger partial charge on any atom is 0.251 e. The van der Waals surface area contributed by atoms with Gasteiger partial charge in [-0.25, -0.2) is 0 Å². The van der Waals surface area contributed by atoms with Crippen molar-refractivity contribution >= 4 is 5.91 Å². The Kier molecular flexibility index (Phi) is 6.19. The molecule has 3 rings (SSSR count). The number of nitrogens with one attached hydrogen (secondary N) is 1. The van der Waals surface area contributed by atoms with Gasteiger partial charge in [-0.3, -0.25) is 4.79 Å². The van der Waals surface area contributed by atoms with E-state index in [0.29, 0.717) is 23.7 Å². The number of nitrogens with zero attached hydrogens (tertiary/aromatic N) is 1. The largest absolute Gasteiger partial charge is 0.493 e. The van der Waals surface area contributed by atoms with E-state index in [9.17, 15) is 4.79 Å². The van der Waals surface area contributed by atoms with Crippen LogP contribution in [-0.2, 0) is 0 Å². The molecule has 2 aliphatic rings. The van der Waals surface area contributed by atoms with Crippen LogP contribution in [0.1, 0.15) is 55.8 Å². The molecule has 1 saturated heterocycles. The fourth-order valence-corrected chi connectivity index (χ4v) is 3.37. The Morgan fingerprint density at radius 3 is 2.60 bits per heavy atom. The number of unbranched alkanes of at least 4 members (excludes halogenated alkanes) is 1. The van der Waals surface area contributed by atoms with Gasteiger partial charge in [0.05, 0.1) is 13.7 Å². The first-order valence-corrected chi connectivity index (χ1v) is 9.57. The van der Waals surface area contributed by atoms with Gasteiger partial charge in [0.25, 0.3) is 5.91 Å². The lowest BCUT2D eigenvalue weighted by Gasteiger charge is -2.32. The Labute approximate surface area is 150 Å². The number of piperidine rings is 1. The average molecular weight is 346 g/mol. The van der Waals surface area contributed by atoms with Gasteiger partial charge in [-0.1, -0.05) is 13.3 Å². The van der Waals surface area contributed by atoms with Crippen molar-refractivity contribution in [3.63, 3.8) is 0 Å². The van der Waals surface area contributed by atoms with E-state index < -0.39 is 0 Å². The Morgan fingerprint density at radius 1 is 1.20 bits per heavy atom. The van der Waals surface area contributed by atoms with Gasteiger partial charge in [0, 0.05) is 30.7 Å². The van der Waals surface area contributed by atoms with Crippen molar-refractivity contribution in [1.82, 2.24) is 10.2 Å². The Bertz CT molecular complexity index is 578. The third-order valence-corrected chi connectivity index (χ3v) is 5.11. The number of methoxy groups -OCH3 is 1. The van der Waals surface area contributed by atoms with Crippen LogP contribution in [0.4, 0.5) is 0 Å². The van der Waals surface area contributed by atoms with Gasteiger partial charge in [0.15, 0.2) is 11.5 Å². The molecule has 1 aromatic carbocycles. The van der Waals surface area contributed by atoms with E-state index in [-0.39, 0.29) is 11.9 Å². The number of carbonyl (C=O) groups excluding carboxylic acids is 1. The minimum atomic E-state index is -0.0247. The summed E-state index contributed by atoms with van der Waals surface area (Å²) in [5.41, 5.74) is 0.629. The van der Waals surface area contributed by atoms with Crippen molar-refractivity contribution in [3.8, 4) is 11.5 Å². The monoisotopic (exact) mass is 346 g/mol. The molecule has 1 aromatic rings. The number of ether oxygens (including phenoxy) is 2. The summed E-state index contributed by atoms with van der Waals surface area (Å²) >= 11 is 0. The molecule has 2 fully saturated rings. The summed E-state index contributed by atoms with van der Waals surface area (Å²) in [5.74, 6) is 1.29. The molecule has 0 spiro atoms. The second kappa shape index (κ2) is 8.56. The van der Waals surface area contributed by atoms with Gasteiger partial charge in [-0.2, -0.15) is 0 Å². The van der Waals surface area contributed by atoms with Gasteiger partial charge < -0.3 is 19.7 Å². The zero-order chi connectivity index (χ0) is 17.6. The number of benzene rings is 1. The highest BCUT2D eigenvalue weighted by Crippen LogP contribution is 2.30. The molecule has 0 bridgehead atoms. The molecule has 1 aliphatic heterocycles. The van der Waals surface area contributed by atoms with Crippen molar-refractivity contribution in [1.29, 1.82) is 0 Å². The standard InChI is InChI=1S/C20H30N2O3/c1-3-4-13-25-18-8-5-15(14-19(18)24-2)20(23)21-16-9-11-22(12-10-16)17-6-7-17/h5,8,14,16-17H,3-4,6-7,9-13H2,1-2H3,(H,21,23). The second-order valence-corrected chi connectivity index (χ2v) is 7.08. The molecule has 5 heteroatoms. The van der Waals surface area contributed by atoms with E-state index >= 15 is 0 Å². The van der Waals surface area contributed by atoms with Gasteiger partial charge in [0.2, 0.25) is 0 Å². The van der Waals surface area contributed by atoms with Crippen LogP contribution in [0, 0.1) is 0 Å². The van der Waals surface area contributed by atoms with Crippen LogP contribution >= 0.6 is 0 Å². The van der Waals surface area contributed by atoms with Crippen LogP contribution in [0.5, 0.6) is 11.5 Å². The number of hydrogen-bond donors (Lipinski definition) is 1. The molecule has 5 nitrogen and oxygen atoms in total. The number of rotatable bonds is 8. The maximum absolute atomic E-state index is 12.6. The van der Waals surface area contributed by atoms with Crippen molar-refractivity contribution in [3.05, 3.63) is 23.8 Å². The van der Waals surface area contributed by atoms with Gasteiger partial charge in [-0.15, -0.1) is 0 Å². The number of carbonyl (C=O) groups is 1. The highest BCUT2D eigenvalue weighted by molar-refractivity contribution is 5.95. The van der Waals surface area contributed by atoms with Crippen molar-refractivity contribution in [2.75, 3.05) is 26.8 Å². The molecule has 0 atom stereocenters. The highest BCUT2D eigenvalue weighted by Gasteiger charge is 2.32. The zero-order valence-electron chi connectivity index (χ0n) is 15.4. The second-order valence-electron chi connectivity index (χ2n) is 7.08. The minimum Gasteiger partial charge on any atom is -0.493 e. The van der Waals surface area contributed by atoms with E-state index in [1.165, 1.54) is 12.8 Å². The molecule has 0 unspecified atom stereocenters. The molecule has 1 amide bonds. The van der Waals surface area contributed by atoms with Crippen LogP contribution in [0.2, 0.25) is 0 Å². The lowest BCUT2D eigenvalue weighted by molar-refractivity contribution is 0.0908. The number of hydrogen-bond acceptors (Lipinski definition) is 4. The Hall–Kier alpha value is -1.75. The topological polar surface area (TPSA) is 50.8 Å². The Balaban J connectivity index is 1.54. The molecule has 25 heavy (non-hydrogen) atoms. The van der Waals surface area contributed by atoms with E-state index in [4.69, 9.17) is 9.47 Å². The van der Waals surface area contributed by atoms with Crippen molar-refractivity contribution in [2.24, 2.45) is 0 Å². The molecular formula is C20H30N2O3. The first-order valence-electron chi connectivity index (χ1n) is 9.57. The summed E-state index contributed by atoms with van der Waals surface area (Å²) in [7, 11) is 1.61. The lowest BCUT2D eigenvalue weighted by Crippen LogP contribution is -2.45. The van der Waals surface area contributed by atoms with E-state index in [1.54, 1.807) is 13.2 Å². The first-order chi connectivity index (χ1) is 12.2. The third kappa shape index (κ3) is 4.88. The molecule has 0 aromatic heterocycles. The van der Waals surface area contributed by atoms with Crippen LogP contribution in [0.25, 0.3) is 0 Å². The molecule has 1 saturated carbocycles. The fraction of sp³-hybridized carbons (Fsp3) is 0.650. The van der Waals surface area contributed by atoms with E-state index in [1.807, 2.05) is 12.1 Å². The Morgan fingerprint density at radius 2 is 1.96 bits per heavy atom. The van der Waals surface area contributed by atoms with Gasteiger partial charge >= 0.3 is 0 Å². The highest BCUT2D eigenvalue weighted by atomic mass is 16.5. The normalized spacial score (nSPS) is 18.8. The summed E-state index contributed by atoms with van der Waals surface area (Å²) < 4.78 is 11.1. The van der Waals surface area contributed by atoms with Crippen LogP contribution < -0.4 is 14.8 Å². The summed E-state index contributed by atoms with van der Waals surface area (Å²) in [6.07, 6.45) is 6.87. The minimum absolute atomic E-state index is 0.0247. The molecular weight excluding hydrogens is 316 g/mol. The van der Waals surface area contributed by atoms with Gasteiger partial charge in [-0.05, 0) is 50.3 Å². The summed E-state index contributed by atoms with van der Waals surface area (Å²) in [5, 5.41) is 3.18. The SMILES string of the molecule is CCCCOc1ccc(C(=O)NC2CCN(C3CC3)CC2)cc1OC. The lowest BCUT2D eigenvalue weighted by atomic mass is 10.0. The van der Waals surface area contributed by atoms with Crippen molar-refractivity contribution < 1.29 is 14.3 Å². The molecule has 1 N–H and O–H groups in total. The number of likely N-dealkylation sites (tertiary alicyclic amines) is 1. The smallest absolute Gasteiger partial charge is 0.251 e. The van der Waals surface area contributed by atoms with Gasteiger partial charge in [0.1, 0.15) is 0 Å². The summed E-state index contributed by atoms with van der Waals surface area (Å²) in [6, 6.07) is 6.52. The predicted molar refractivity (Wildman–Crippen MR) is 98.5 cm³/mol. The zero-order valence-corrected chi connectivity index (χ0v) is 15.4. The first kappa shape index (κ1) is 18.1. The average Bonchev–Trinajstić information content (AvgIpc) is 3.48. The van der Waals surface area contributed by atoms with Crippen LogP contribution in [0.15, 0.2) is 18.2 Å². The van der Waals surface area contributed by atoms with Crippen molar-refractivity contribution in [2.45, 2.75) is 57.5 Å². The predicted octanol–water partition coefficient (Wildman–Crippen LogP) is 3.23. The fourth-order valence-electron chi connectivity index (χ4n) is 3.37. The maximum atomic E-state index is 12.6. The molecule has 1 aliphatic carbocycles. The van der Waals surface area contributed by atoms with Crippen LogP contribution in [0.3, 0.4) is 0 Å².